The second-order valence-electron chi connectivity index (χ2n) is 6.75. The largest absolute Gasteiger partial charge is 0.439 e. The van der Waals surface area contributed by atoms with E-state index >= 15 is 0 Å². The van der Waals surface area contributed by atoms with Crippen LogP contribution in [-0.4, -0.2) is 51.1 Å². The number of nitrogens with zero attached hydrogens (tertiary/aromatic N) is 5. The third-order valence-corrected chi connectivity index (χ3v) is 4.76. The van der Waals surface area contributed by atoms with Crippen molar-refractivity contribution in [1.82, 2.24) is 24.9 Å². The molecule has 1 fully saturated rings. The molecule has 0 saturated carbocycles. The maximum atomic E-state index is 5.86. The minimum Gasteiger partial charge on any atom is -0.439 e. The highest BCUT2D eigenvalue weighted by Gasteiger charge is 2.25. The number of aryl methyl sites for hydroxylation is 1. The normalized spacial score (nSPS) is 19.1. The smallest absolute Gasteiger partial charge is 0.223 e. The van der Waals surface area contributed by atoms with Gasteiger partial charge in [-0.05, 0) is 38.6 Å². The lowest BCUT2D eigenvalue weighted by Crippen LogP contribution is -2.45. The number of fused-ring (bicyclic) bond motifs is 1. The van der Waals surface area contributed by atoms with Gasteiger partial charge in [0.1, 0.15) is 5.52 Å². The highest BCUT2D eigenvalue weighted by Crippen LogP contribution is 2.20. The van der Waals surface area contributed by atoms with E-state index in [2.05, 4.69) is 32.0 Å². The number of rotatable bonds is 5. The molecule has 132 valence electrons. The molecule has 1 atom stereocenters. The number of aromatic nitrogens is 3. The highest BCUT2D eigenvalue weighted by atomic mass is 16.5. The molecule has 1 aliphatic rings. The number of benzene rings is 1. The van der Waals surface area contributed by atoms with Crippen molar-refractivity contribution in [3.63, 3.8) is 0 Å². The standard InChI is InChI=1S/C18H23N5O2/c1-13-19-17(21-25-13)11-23-9-5-6-14(10-23)22(2)12-18-20-15-7-3-4-8-16(15)24-18/h3-4,7-8,14H,5-6,9-12H2,1-2H3/t14-/m0/s1. The first-order valence-electron chi connectivity index (χ1n) is 8.73. The molecule has 1 aromatic carbocycles. The predicted molar refractivity (Wildman–Crippen MR) is 92.8 cm³/mol. The van der Waals surface area contributed by atoms with Crippen LogP contribution in [0.4, 0.5) is 0 Å². The van der Waals surface area contributed by atoms with Gasteiger partial charge in [-0.3, -0.25) is 9.80 Å². The predicted octanol–water partition coefficient (Wildman–Crippen LogP) is 2.62. The van der Waals surface area contributed by atoms with E-state index < -0.39 is 0 Å². The Morgan fingerprint density at radius 1 is 1.28 bits per heavy atom. The fourth-order valence-electron chi connectivity index (χ4n) is 3.47. The van der Waals surface area contributed by atoms with Crippen molar-refractivity contribution in [2.45, 2.75) is 38.9 Å². The molecule has 0 unspecified atom stereocenters. The Hall–Kier alpha value is -2.25. The van der Waals surface area contributed by atoms with E-state index in [4.69, 9.17) is 8.94 Å². The number of likely N-dealkylation sites (N-methyl/N-ethyl adjacent to an activating group) is 1. The molecule has 0 bridgehead atoms. The molecule has 0 radical (unpaired) electrons. The van der Waals surface area contributed by atoms with E-state index in [-0.39, 0.29) is 0 Å². The van der Waals surface area contributed by atoms with Gasteiger partial charge in [-0.25, -0.2) is 4.98 Å². The second kappa shape index (κ2) is 6.93. The van der Waals surface area contributed by atoms with Crippen LogP contribution < -0.4 is 0 Å². The first kappa shape index (κ1) is 16.2. The molecule has 0 amide bonds. The molecular formula is C18H23N5O2. The molecule has 0 spiro atoms. The molecule has 7 nitrogen and oxygen atoms in total. The van der Waals surface area contributed by atoms with E-state index in [1.807, 2.05) is 31.2 Å². The topological polar surface area (TPSA) is 71.4 Å². The van der Waals surface area contributed by atoms with Gasteiger partial charge in [0.2, 0.25) is 11.8 Å². The summed E-state index contributed by atoms with van der Waals surface area (Å²) in [4.78, 5) is 13.6. The fourth-order valence-corrected chi connectivity index (χ4v) is 3.47. The lowest BCUT2D eigenvalue weighted by molar-refractivity contribution is 0.0993. The first-order chi connectivity index (χ1) is 12.2. The Morgan fingerprint density at radius 3 is 2.96 bits per heavy atom. The van der Waals surface area contributed by atoms with Crippen LogP contribution in [0.1, 0.15) is 30.4 Å². The quantitative estimate of drug-likeness (QED) is 0.706. The van der Waals surface area contributed by atoms with Crippen LogP contribution in [-0.2, 0) is 13.1 Å². The lowest BCUT2D eigenvalue weighted by Gasteiger charge is -2.36. The fraction of sp³-hybridized carbons (Fsp3) is 0.500. The Labute approximate surface area is 146 Å². The third-order valence-electron chi connectivity index (χ3n) is 4.76. The summed E-state index contributed by atoms with van der Waals surface area (Å²) >= 11 is 0. The van der Waals surface area contributed by atoms with Crippen molar-refractivity contribution in [3.8, 4) is 0 Å². The Kier molecular flexibility index (Phi) is 4.50. The van der Waals surface area contributed by atoms with Crippen molar-refractivity contribution < 1.29 is 8.94 Å². The van der Waals surface area contributed by atoms with Gasteiger partial charge in [-0.1, -0.05) is 17.3 Å². The van der Waals surface area contributed by atoms with Gasteiger partial charge in [0, 0.05) is 19.5 Å². The number of para-hydroxylation sites is 2. The Bertz CT molecular complexity index is 810. The average Bonchev–Trinajstić information content (AvgIpc) is 3.20. The Balaban J connectivity index is 1.38. The summed E-state index contributed by atoms with van der Waals surface area (Å²) in [6.07, 6.45) is 2.35. The van der Waals surface area contributed by atoms with E-state index in [0.717, 1.165) is 42.4 Å². The van der Waals surface area contributed by atoms with Gasteiger partial charge in [0.05, 0.1) is 13.1 Å². The molecule has 3 aromatic rings. The lowest BCUT2D eigenvalue weighted by atomic mass is 10.0. The SMILES string of the molecule is Cc1nc(CN2CCC[C@H](N(C)Cc3nc4ccccc4o3)C2)no1. The van der Waals surface area contributed by atoms with Crippen LogP contribution in [0.5, 0.6) is 0 Å². The van der Waals surface area contributed by atoms with Crippen molar-refractivity contribution in [2.75, 3.05) is 20.1 Å². The summed E-state index contributed by atoms with van der Waals surface area (Å²) in [7, 11) is 2.14. The first-order valence-corrected chi connectivity index (χ1v) is 8.73. The van der Waals surface area contributed by atoms with Gasteiger partial charge >= 0.3 is 0 Å². The molecule has 0 aliphatic carbocycles. The maximum Gasteiger partial charge on any atom is 0.223 e. The number of piperidine rings is 1. The summed E-state index contributed by atoms with van der Waals surface area (Å²) < 4.78 is 10.9. The zero-order valence-corrected chi connectivity index (χ0v) is 14.7. The maximum absolute atomic E-state index is 5.86. The summed E-state index contributed by atoms with van der Waals surface area (Å²) in [6.45, 7) is 5.34. The van der Waals surface area contributed by atoms with Crippen molar-refractivity contribution in [3.05, 3.63) is 41.9 Å². The minimum absolute atomic E-state index is 0.469. The molecule has 0 N–H and O–H groups in total. The van der Waals surface area contributed by atoms with Crippen molar-refractivity contribution >= 4 is 11.1 Å². The Morgan fingerprint density at radius 2 is 2.16 bits per heavy atom. The number of hydrogen-bond acceptors (Lipinski definition) is 7. The van der Waals surface area contributed by atoms with E-state index in [9.17, 15) is 0 Å². The van der Waals surface area contributed by atoms with Crippen LogP contribution in [0.25, 0.3) is 11.1 Å². The molecule has 2 aromatic heterocycles. The molecule has 4 rings (SSSR count). The molecule has 3 heterocycles. The third kappa shape index (κ3) is 3.72. The van der Waals surface area contributed by atoms with Gasteiger partial charge < -0.3 is 8.94 Å². The van der Waals surface area contributed by atoms with Crippen LogP contribution >= 0.6 is 0 Å². The minimum atomic E-state index is 0.469. The summed E-state index contributed by atoms with van der Waals surface area (Å²) in [5.41, 5.74) is 1.77. The zero-order valence-electron chi connectivity index (χ0n) is 14.7. The van der Waals surface area contributed by atoms with Crippen LogP contribution in [0.15, 0.2) is 33.2 Å². The van der Waals surface area contributed by atoms with Gasteiger partial charge in [-0.2, -0.15) is 4.98 Å². The highest BCUT2D eigenvalue weighted by molar-refractivity contribution is 5.72. The number of likely N-dealkylation sites (tertiary alicyclic amines) is 1. The van der Waals surface area contributed by atoms with Crippen LogP contribution in [0.3, 0.4) is 0 Å². The molecule has 7 heteroatoms. The van der Waals surface area contributed by atoms with Crippen molar-refractivity contribution in [1.29, 1.82) is 0 Å². The van der Waals surface area contributed by atoms with Gasteiger partial charge in [-0.15, -0.1) is 0 Å². The van der Waals surface area contributed by atoms with Crippen LogP contribution in [0, 0.1) is 6.92 Å². The monoisotopic (exact) mass is 341 g/mol. The number of hydrogen-bond donors (Lipinski definition) is 0. The summed E-state index contributed by atoms with van der Waals surface area (Å²) in [5.74, 6) is 2.16. The molecule has 25 heavy (non-hydrogen) atoms. The summed E-state index contributed by atoms with van der Waals surface area (Å²) in [5, 5.41) is 4.01. The second-order valence-corrected chi connectivity index (χ2v) is 6.75. The van der Waals surface area contributed by atoms with Crippen LogP contribution in [0.2, 0.25) is 0 Å². The van der Waals surface area contributed by atoms with E-state index in [1.54, 1.807) is 0 Å². The average molecular weight is 341 g/mol. The van der Waals surface area contributed by atoms with Gasteiger partial charge in [0.15, 0.2) is 11.4 Å². The molecule has 1 saturated heterocycles. The van der Waals surface area contributed by atoms with Crippen molar-refractivity contribution in [2.24, 2.45) is 0 Å². The zero-order chi connectivity index (χ0) is 17.2. The van der Waals surface area contributed by atoms with Gasteiger partial charge in [0.25, 0.3) is 0 Å². The van der Waals surface area contributed by atoms with E-state index in [1.165, 1.54) is 12.8 Å². The summed E-state index contributed by atoms with van der Waals surface area (Å²) in [6, 6.07) is 8.37. The molecular weight excluding hydrogens is 318 g/mol. The van der Waals surface area contributed by atoms with E-state index in [0.29, 0.717) is 18.5 Å². The number of oxazole rings is 1. The molecule has 1 aliphatic heterocycles.